The highest BCUT2D eigenvalue weighted by Gasteiger charge is 2.48. The van der Waals surface area contributed by atoms with Gasteiger partial charge in [0.1, 0.15) is 11.5 Å². The number of alkyl halides is 3. The van der Waals surface area contributed by atoms with Gasteiger partial charge in [-0.2, -0.15) is 21.6 Å². The predicted molar refractivity (Wildman–Crippen MR) is 97.9 cm³/mol. The number of Topliss-reactive ketones (excluding diaryl/α,β-unsaturated/α-hetero) is 1. The molecule has 0 bridgehead atoms. The maximum atomic E-state index is 12.6. The molecule has 150 valence electrons. The first-order chi connectivity index (χ1) is 13.6. The lowest BCUT2D eigenvalue weighted by molar-refractivity contribution is -0.0500. The quantitative estimate of drug-likeness (QED) is 0.361. The summed E-state index contributed by atoms with van der Waals surface area (Å²) in [6.07, 6.45) is 3.33. The van der Waals surface area contributed by atoms with E-state index in [0.29, 0.717) is 0 Å². The molecule has 0 amide bonds. The number of benzene rings is 2. The highest BCUT2D eigenvalue weighted by atomic mass is 32.2. The Morgan fingerprint density at radius 3 is 2.59 bits per heavy atom. The van der Waals surface area contributed by atoms with Crippen LogP contribution in [0, 0.1) is 0 Å². The number of fused-ring (bicyclic) bond motifs is 2. The highest BCUT2D eigenvalue weighted by molar-refractivity contribution is 7.88. The van der Waals surface area contributed by atoms with Gasteiger partial charge in [-0.05, 0) is 24.3 Å². The molecule has 29 heavy (non-hydrogen) atoms. The Labute approximate surface area is 162 Å². The van der Waals surface area contributed by atoms with Gasteiger partial charge >= 0.3 is 15.6 Å². The van der Waals surface area contributed by atoms with Crippen LogP contribution in [0.15, 0.2) is 54.4 Å². The van der Waals surface area contributed by atoms with E-state index in [1.807, 2.05) is 42.1 Å². The van der Waals surface area contributed by atoms with Gasteiger partial charge in [-0.25, -0.2) is 0 Å². The first-order valence-corrected chi connectivity index (χ1v) is 9.61. The minimum Gasteiger partial charge on any atom is -0.452 e. The molecule has 1 aliphatic heterocycles. The van der Waals surface area contributed by atoms with Crippen LogP contribution >= 0.6 is 0 Å². The molecule has 1 aromatic heterocycles. The topological polar surface area (TPSA) is 74.6 Å². The van der Waals surface area contributed by atoms with E-state index in [9.17, 15) is 26.4 Å². The molecule has 10 heteroatoms. The molecule has 6 nitrogen and oxygen atoms in total. The summed E-state index contributed by atoms with van der Waals surface area (Å²) in [4.78, 5) is 12.6. The SMILES string of the molecule is Cn1cc(/C=C2\Oc3cc(OS(=O)(=O)C(F)(F)F)ccc3C2=O)c2ccccc21. The lowest BCUT2D eigenvalue weighted by Gasteiger charge is -2.09. The Morgan fingerprint density at radius 1 is 1.14 bits per heavy atom. The van der Waals surface area contributed by atoms with Crippen molar-refractivity contribution in [1.29, 1.82) is 0 Å². The standard InChI is InChI=1S/C19H12F3NO5S/c1-23-10-11(13-4-2-3-5-15(13)23)8-17-18(24)14-7-6-12(9-16(14)27-17)28-29(25,26)19(20,21)22/h2-10H,1H3/b17-8-. The number of ether oxygens (including phenoxy) is 1. The van der Waals surface area contributed by atoms with Gasteiger partial charge in [0.2, 0.25) is 5.78 Å². The van der Waals surface area contributed by atoms with E-state index in [0.717, 1.165) is 34.7 Å². The second kappa shape index (κ2) is 6.38. The van der Waals surface area contributed by atoms with E-state index in [4.69, 9.17) is 4.74 Å². The fourth-order valence-corrected chi connectivity index (χ4v) is 3.47. The van der Waals surface area contributed by atoms with Crippen molar-refractivity contribution in [2.45, 2.75) is 5.51 Å². The Bertz CT molecular complexity index is 1290. The average molecular weight is 423 g/mol. The maximum Gasteiger partial charge on any atom is 0.534 e. The molecule has 2 heterocycles. The fraction of sp³-hybridized carbons (Fsp3) is 0.105. The minimum absolute atomic E-state index is 0.0350. The van der Waals surface area contributed by atoms with Crippen LogP contribution in [0.5, 0.6) is 11.5 Å². The molecular formula is C19H12F3NO5S. The molecule has 0 N–H and O–H groups in total. The largest absolute Gasteiger partial charge is 0.534 e. The smallest absolute Gasteiger partial charge is 0.452 e. The van der Waals surface area contributed by atoms with Crippen LogP contribution in [0.4, 0.5) is 13.2 Å². The molecule has 0 aliphatic carbocycles. The number of para-hydroxylation sites is 1. The van der Waals surface area contributed by atoms with Gasteiger partial charge in [-0.15, -0.1) is 0 Å². The zero-order valence-electron chi connectivity index (χ0n) is 14.7. The Kier molecular flexibility index (Phi) is 4.19. The lowest BCUT2D eigenvalue weighted by atomic mass is 10.1. The van der Waals surface area contributed by atoms with Crippen LogP contribution in [0.1, 0.15) is 15.9 Å². The molecule has 2 aromatic carbocycles. The van der Waals surface area contributed by atoms with Gasteiger partial charge in [-0.1, -0.05) is 18.2 Å². The van der Waals surface area contributed by atoms with Crippen LogP contribution in [0.2, 0.25) is 0 Å². The van der Waals surface area contributed by atoms with Gasteiger partial charge in [-0.3, -0.25) is 4.79 Å². The summed E-state index contributed by atoms with van der Waals surface area (Å²) in [5, 5.41) is 0.884. The van der Waals surface area contributed by atoms with Gasteiger partial charge < -0.3 is 13.5 Å². The van der Waals surface area contributed by atoms with Crippen LogP contribution in [0.25, 0.3) is 17.0 Å². The summed E-state index contributed by atoms with van der Waals surface area (Å²) in [7, 11) is -3.97. The van der Waals surface area contributed by atoms with Crippen LogP contribution in [-0.2, 0) is 17.2 Å². The molecule has 0 atom stereocenters. The van der Waals surface area contributed by atoms with E-state index in [-0.39, 0.29) is 17.1 Å². The maximum absolute atomic E-state index is 12.6. The third-order valence-corrected chi connectivity index (χ3v) is 5.32. The number of carbonyl (C=O) groups excluding carboxylic acids is 1. The van der Waals surface area contributed by atoms with Crippen molar-refractivity contribution >= 4 is 32.9 Å². The molecule has 0 radical (unpaired) electrons. The number of rotatable bonds is 3. The second-order valence-electron chi connectivity index (χ2n) is 6.29. The molecule has 0 unspecified atom stereocenters. The number of nitrogens with zero attached hydrogens (tertiary/aromatic N) is 1. The monoisotopic (exact) mass is 423 g/mol. The Balaban J connectivity index is 1.67. The lowest BCUT2D eigenvalue weighted by Crippen LogP contribution is -2.28. The van der Waals surface area contributed by atoms with Crippen molar-refractivity contribution in [2.24, 2.45) is 7.05 Å². The number of hydrogen-bond acceptors (Lipinski definition) is 5. The molecule has 0 saturated heterocycles. The van der Waals surface area contributed by atoms with Crippen LogP contribution in [-0.4, -0.2) is 24.3 Å². The predicted octanol–water partition coefficient (Wildman–Crippen LogP) is 4.02. The van der Waals surface area contributed by atoms with Gasteiger partial charge in [0, 0.05) is 35.8 Å². The van der Waals surface area contributed by atoms with Crippen molar-refractivity contribution < 1.29 is 35.3 Å². The number of aryl methyl sites for hydroxylation is 1. The average Bonchev–Trinajstić information content (AvgIpc) is 3.12. The molecule has 3 aromatic rings. The number of hydrogen-bond donors (Lipinski definition) is 0. The number of carbonyl (C=O) groups is 1. The van der Waals surface area contributed by atoms with Crippen LogP contribution in [0.3, 0.4) is 0 Å². The summed E-state index contributed by atoms with van der Waals surface area (Å²) in [5.74, 6) is -1.21. The molecular weight excluding hydrogens is 411 g/mol. The molecule has 0 fully saturated rings. The number of halogens is 3. The second-order valence-corrected chi connectivity index (χ2v) is 7.83. The van der Waals surface area contributed by atoms with Crippen molar-refractivity contribution in [3.63, 3.8) is 0 Å². The number of ketones is 1. The van der Waals surface area contributed by atoms with Crippen molar-refractivity contribution in [2.75, 3.05) is 0 Å². The zero-order valence-corrected chi connectivity index (χ0v) is 15.5. The first kappa shape index (κ1) is 19.1. The summed E-state index contributed by atoms with van der Waals surface area (Å²) in [6.45, 7) is 0. The van der Waals surface area contributed by atoms with Crippen molar-refractivity contribution in [3.8, 4) is 11.5 Å². The van der Waals surface area contributed by atoms with E-state index in [1.165, 1.54) is 6.08 Å². The summed E-state index contributed by atoms with van der Waals surface area (Å²) in [6, 6.07) is 10.6. The Hall–Kier alpha value is -3.27. The van der Waals surface area contributed by atoms with Crippen LogP contribution < -0.4 is 8.92 Å². The summed E-state index contributed by atoms with van der Waals surface area (Å²) >= 11 is 0. The van der Waals surface area contributed by atoms with E-state index in [1.54, 1.807) is 0 Å². The van der Waals surface area contributed by atoms with Crippen molar-refractivity contribution in [1.82, 2.24) is 4.57 Å². The van der Waals surface area contributed by atoms with Gasteiger partial charge in [0.15, 0.2) is 5.76 Å². The summed E-state index contributed by atoms with van der Waals surface area (Å²) in [5.41, 5.74) is -3.82. The third kappa shape index (κ3) is 3.25. The zero-order chi connectivity index (χ0) is 21.0. The normalized spacial score (nSPS) is 15.6. The number of allylic oxidation sites excluding steroid dienone is 1. The summed E-state index contributed by atoms with van der Waals surface area (Å²) < 4.78 is 71.2. The first-order valence-electron chi connectivity index (χ1n) is 8.20. The fourth-order valence-electron chi connectivity index (χ4n) is 3.02. The van der Waals surface area contributed by atoms with E-state index < -0.39 is 27.2 Å². The molecule has 0 saturated carbocycles. The third-order valence-electron chi connectivity index (χ3n) is 4.35. The van der Waals surface area contributed by atoms with Crippen molar-refractivity contribution in [3.05, 3.63) is 65.5 Å². The highest BCUT2D eigenvalue weighted by Crippen LogP contribution is 2.37. The molecule has 0 spiro atoms. The van der Waals surface area contributed by atoms with E-state index in [2.05, 4.69) is 4.18 Å². The Morgan fingerprint density at radius 2 is 1.86 bits per heavy atom. The van der Waals surface area contributed by atoms with Gasteiger partial charge in [0.05, 0.1) is 5.56 Å². The van der Waals surface area contributed by atoms with E-state index >= 15 is 0 Å². The minimum atomic E-state index is -5.82. The molecule has 4 rings (SSSR count). The van der Waals surface area contributed by atoms with Gasteiger partial charge in [0.25, 0.3) is 0 Å². The number of aromatic nitrogens is 1. The molecule has 1 aliphatic rings.